The Hall–Kier alpha value is -1.11. The average molecular weight is 311 g/mol. The van der Waals surface area contributed by atoms with E-state index in [9.17, 15) is 8.42 Å². The Labute approximate surface area is 127 Å². The number of benzene rings is 1. The summed E-state index contributed by atoms with van der Waals surface area (Å²) in [6.07, 6.45) is 3.34. The molecule has 6 heteroatoms. The van der Waals surface area contributed by atoms with Crippen molar-refractivity contribution in [3.63, 3.8) is 0 Å². The summed E-state index contributed by atoms with van der Waals surface area (Å²) in [6.45, 7) is 4.07. The lowest BCUT2D eigenvalue weighted by Gasteiger charge is -2.17. The molecule has 0 radical (unpaired) electrons. The number of rotatable bonds is 9. The van der Waals surface area contributed by atoms with E-state index in [1.807, 2.05) is 19.1 Å². The van der Waals surface area contributed by atoms with Crippen LogP contribution in [0.1, 0.15) is 26.2 Å². The molecule has 21 heavy (non-hydrogen) atoms. The van der Waals surface area contributed by atoms with Gasteiger partial charge in [-0.05, 0) is 38.4 Å². The number of sulfonamides is 1. The van der Waals surface area contributed by atoms with Crippen molar-refractivity contribution in [2.75, 3.05) is 32.0 Å². The molecule has 1 saturated carbocycles. The molecule has 1 aliphatic carbocycles. The van der Waals surface area contributed by atoms with Crippen molar-refractivity contribution < 1.29 is 8.42 Å². The lowest BCUT2D eigenvalue weighted by atomic mass is 10.3. The standard InChI is InChI=1S/C15H25N3O2S/c1-3-10-17-21(19,20)15-7-5-4-6-14(15)16-11-12-18(2)13-8-9-13/h4-7,13,16-17H,3,8-12H2,1-2H3. The molecule has 0 saturated heterocycles. The van der Waals surface area contributed by atoms with E-state index in [4.69, 9.17) is 0 Å². The van der Waals surface area contributed by atoms with E-state index in [1.54, 1.807) is 12.1 Å². The molecule has 5 nitrogen and oxygen atoms in total. The molecule has 0 aromatic heterocycles. The normalized spacial score (nSPS) is 15.4. The van der Waals surface area contributed by atoms with Gasteiger partial charge in [-0.25, -0.2) is 13.1 Å². The Kier molecular flexibility index (Phi) is 5.61. The van der Waals surface area contributed by atoms with E-state index in [0.29, 0.717) is 17.1 Å². The molecule has 2 rings (SSSR count). The van der Waals surface area contributed by atoms with Crippen LogP contribution in [0.3, 0.4) is 0 Å². The Morgan fingerprint density at radius 3 is 2.62 bits per heavy atom. The zero-order valence-electron chi connectivity index (χ0n) is 12.8. The van der Waals surface area contributed by atoms with Gasteiger partial charge in [0.1, 0.15) is 4.90 Å². The number of hydrogen-bond acceptors (Lipinski definition) is 4. The van der Waals surface area contributed by atoms with Gasteiger partial charge in [0.25, 0.3) is 0 Å². The van der Waals surface area contributed by atoms with E-state index in [-0.39, 0.29) is 0 Å². The van der Waals surface area contributed by atoms with Crippen LogP contribution in [0.4, 0.5) is 5.69 Å². The Morgan fingerprint density at radius 2 is 1.95 bits per heavy atom. The maximum atomic E-state index is 12.3. The number of nitrogens with zero attached hydrogens (tertiary/aromatic N) is 1. The van der Waals surface area contributed by atoms with E-state index in [1.165, 1.54) is 12.8 Å². The van der Waals surface area contributed by atoms with Crippen LogP contribution in [0.5, 0.6) is 0 Å². The third-order valence-electron chi connectivity index (χ3n) is 3.67. The Balaban J connectivity index is 1.98. The Morgan fingerprint density at radius 1 is 1.24 bits per heavy atom. The number of likely N-dealkylation sites (N-methyl/N-ethyl adjacent to an activating group) is 1. The first-order valence-corrected chi connectivity index (χ1v) is 9.05. The highest BCUT2D eigenvalue weighted by molar-refractivity contribution is 7.89. The summed E-state index contributed by atoms with van der Waals surface area (Å²) in [4.78, 5) is 2.65. The minimum Gasteiger partial charge on any atom is -0.383 e. The summed E-state index contributed by atoms with van der Waals surface area (Å²) in [7, 11) is -1.32. The molecule has 1 fully saturated rings. The van der Waals surface area contributed by atoms with Crippen molar-refractivity contribution in [2.24, 2.45) is 0 Å². The molecular weight excluding hydrogens is 286 g/mol. The van der Waals surface area contributed by atoms with Crippen molar-refractivity contribution >= 4 is 15.7 Å². The molecule has 0 amide bonds. The maximum Gasteiger partial charge on any atom is 0.242 e. The van der Waals surface area contributed by atoms with Crippen LogP contribution in [0.2, 0.25) is 0 Å². The first kappa shape index (κ1) is 16.3. The smallest absolute Gasteiger partial charge is 0.242 e. The van der Waals surface area contributed by atoms with Gasteiger partial charge in [0, 0.05) is 25.7 Å². The van der Waals surface area contributed by atoms with E-state index < -0.39 is 10.0 Å². The second kappa shape index (κ2) is 7.24. The minimum atomic E-state index is -3.43. The largest absolute Gasteiger partial charge is 0.383 e. The highest BCUT2D eigenvalue weighted by Crippen LogP contribution is 2.25. The first-order chi connectivity index (χ1) is 10.0. The molecule has 2 N–H and O–H groups in total. The number of anilines is 1. The third-order valence-corrected chi connectivity index (χ3v) is 5.19. The second-order valence-electron chi connectivity index (χ2n) is 5.53. The van der Waals surface area contributed by atoms with Gasteiger partial charge in [-0.15, -0.1) is 0 Å². The molecule has 118 valence electrons. The molecule has 0 heterocycles. The quantitative estimate of drug-likeness (QED) is 0.731. The monoisotopic (exact) mass is 311 g/mol. The van der Waals surface area contributed by atoms with Crippen molar-refractivity contribution in [3.05, 3.63) is 24.3 Å². The molecular formula is C15H25N3O2S. The maximum absolute atomic E-state index is 12.3. The van der Waals surface area contributed by atoms with Gasteiger partial charge in [0.05, 0.1) is 5.69 Å². The van der Waals surface area contributed by atoms with Gasteiger partial charge in [0.15, 0.2) is 0 Å². The van der Waals surface area contributed by atoms with Gasteiger partial charge in [0.2, 0.25) is 10.0 Å². The van der Waals surface area contributed by atoms with Crippen LogP contribution in [0.15, 0.2) is 29.2 Å². The summed E-state index contributed by atoms with van der Waals surface area (Å²) in [6, 6.07) is 7.79. The second-order valence-corrected chi connectivity index (χ2v) is 7.27. The van der Waals surface area contributed by atoms with E-state index in [0.717, 1.165) is 25.6 Å². The lowest BCUT2D eigenvalue weighted by Crippen LogP contribution is -2.28. The van der Waals surface area contributed by atoms with Gasteiger partial charge < -0.3 is 10.2 Å². The summed E-state index contributed by atoms with van der Waals surface area (Å²) in [5.41, 5.74) is 0.672. The molecule has 1 aromatic rings. The molecule has 0 atom stereocenters. The minimum absolute atomic E-state index is 0.326. The summed E-state index contributed by atoms with van der Waals surface area (Å²) < 4.78 is 27.1. The van der Waals surface area contributed by atoms with Crippen LogP contribution in [-0.4, -0.2) is 46.0 Å². The van der Waals surface area contributed by atoms with Gasteiger partial charge in [-0.2, -0.15) is 0 Å². The fraction of sp³-hybridized carbons (Fsp3) is 0.600. The van der Waals surface area contributed by atoms with Gasteiger partial charge >= 0.3 is 0 Å². The summed E-state index contributed by atoms with van der Waals surface area (Å²) in [5.74, 6) is 0. The van der Waals surface area contributed by atoms with E-state index in [2.05, 4.69) is 22.0 Å². The zero-order valence-corrected chi connectivity index (χ0v) is 13.6. The van der Waals surface area contributed by atoms with Crippen molar-refractivity contribution in [1.82, 2.24) is 9.62 Å². The molecule has 1 aliphatic rings. The van der Waals surface area contributed by atoms with Crippen LogP contribution in [0, 0.1) is 0 Å². The molecule has 1 aromatic carbocycles. The van der Waals surface area contributed by atoms with Crippen LogP contribution >= 0.6 is 0 Å². The van der Waals surface area contributed by atoms with Gasteiger partial charge in [-0.1, -0.05) is 19.1 Å². The fourth-order valence-corrected chi connectivity index (χ4v) is 3.54. The van der Waals surface area contributed by atoms with Crippen LogP contribution < -0.4 is 10.0 Å². The predicted octanol–water partition coefficient (Wildman–Crippen LogP) is 1.88. The summed E-state index contributed by atoms with van der Waals surface area (Å²) in [5, 5.41) is 3.25. The number of hydrogen-bond donors (Lipinski definition) is 2. The van der Waals surface area contributed by atoms with Crippen molar-refractivity contribution in [2.45, 2.75) is 37.1 Å². The zero-order chi connectivity index (χ0) is 15.3. The molecule has 0 aliphatic heterocycles. The average Bonchev–Trinajstić information content (AvgIpc) is 3.30. The predicted molar refractivity (Wildman–Crippen MR) is 86.1 cm³/mol. The summed E-state index contributed by atoms with van der Waals surface area (Å²) >= 11 is 0. The molecule has 0 unspecified atom stereocenters. The van der Waals surface area contributed by atoms with Crippen LogP contribution in [0.25, 0.3) is 0 Å². The number of para-hydroxylation sites is 1. The highest BCUT2D eigenvalue weighted by Gasteiger charge is 2.25. The first-order valence-electron chi connectivity index (χ1n) is 7.57. The third kappa shape index (κ3) is 4.69. The Bertz CT molecular complexity index is 556. The van der Waals surface area contributed by atoms with E-state index >= 15 is 0 Å². The molecule has 0 spiro atoms. The highest BCUT2D eigenvalue weighted by atomic mass is 32.2. The topological polar surface area (TPSA) is 61.4 Å². The SMILES string of the molecule is CCCNS(=O)(=O)c1ccccc1NCCN(C)C1CC1. The van der Waals surface area contributed by atoms with Crippen molar-refractivity contribution in [1.29, 1.82) is 0 Å². The van der Waals surface area contributed by atoms with Crippen molar-refractivity contribution in [3.8, 4) is 0 Å². The number of nitrogens with one attached hydrogen (secondary N) is 2. The fourth-order valence-electron chi connectivity index (χ4n) is 2.23. The molecule has 0 bridgehead atoms. The van der Waals surface area contributed by atoms with Crippen LogP contribution in [-0.2, 0) is 10.0 Å². The lowest BCUT2D eigenvalue weighted by molar-refractivity contribution is 0.337. The van der Waals surface area contributed by atoms with Gasteiger partial charge in [-0.3, -0.25) is 0 Å².